The first-order valence-corrected chi connectivity index (χ1v) is 9.31. The van der Waals surface area contributed by atoms with Gasteiger partial charge in [0.25, 0.3) is 0 Å². The zero-order valence-electron chi connectivity index (χ0n) is 15.9. The van der Waals surface area contributed by atoms with Crippen LogP contribution in [0.4, 0.5) is 0 Å². The molecule has 2 N–H and O–H groups in total. The van der Waals surface area contributed by atoms with E-state index in [-0.39, 0.29) is 11.9 Å². The van der Waals surface area contributed by atoms with Gasteiger partial charge < -0.3 is 15.2 Å². The summed E-state index contributed by atoms with van der Waals surface area (Å²) in [6, 6.07) is 14.2. The molecular weight excluding hydrogens is 368 g/mol. The van der Waals surface area contributed by atoms with E-state index in [0.717, 1.165) is 11.1 Å². The number of nitrogens with two attached hydrogens (primary N) is 1. The molecule has 1 atom stereocenters. The Kier molecular flexibility index (Phi) is 4.99. The van der Waals surface area contributed by atoms with Crippen molar-refractivity contribution in [2.24, 2.45) is 5.73 Å². The number of ether oxygens (including phenoxy) is 2. The lowest BCUT2D eigenvalue weighted by molar-refractivity contribution is 0.0869. The van der Waals surface area contributed by atoms with Gasteiger partial charge in [-0.15, -0.1) is 0 Å². The summed E-state index contributed by atoms with van der Waals surface area (Å²) in [6.45, 7) is 2.19. The van der Waals surface area contributed by atoms with Gasteiger partial charge in [-0.2, -0.15) is 0 Å². The van der Waals surface area contributed by atoms with Crippen LogP contribution >= 0.6 is 0 Å². The van der Waals surface area contributed by atoms with E-state index in [4.69, 9.17) is 15.2 Å². The predicted octanol–water partition coefficient (Wildman–Crippen LogP) is 3.78. The molecule has 0 fully saturated rings. The molecule has 0 radical (unpaired) electrons. The van der Waals surface area contributed by atoms with Crippen molar-refractivity contribution in [2.45, 2.75) is 26.1 Å². The molecule has 29 heavy (non-hydrogen) atoms. The third-order valence-corrected chi connectivity index (χ3v) is 4.78. The van der Waals surface area contributed by atoms with Crippen molar-refractivity contribution in [1.29, 1.82) is 0 Å². The van der Waals surface area contributed by atoms with Crippen LogP contribution in [0.2, 0.25) is 0 Å². The summed E-state index contributed by atoms with van der Waals surface area (Å²) in [5, 5.41) is 0. The number of fused-ring (bicyclic) bond motifs is 1. The molecule has 0 bridgehead atoms. The minimum Gasteiger partial charge on any atom is -0.489 e. The Hall–Kier alpha value is -3.67. The molecule has 0 saturated carbocycles. The van der Waals surface area contributed by atoms with E-state index in [0.29, 0.717) is 41.2 Å². The number of pyridine rings is 1. The number of hydrogen-bond acceptors (Lipinski definition) is 5. The fourth-order valence-electron chi connectivity index (χ4n) is 3.33. The van der Waals surface area contributed by atoms with Crippen LogP contribution in [0.3, 0.4) is 0 Å². The first-order valence-electron chi connectivity index (χ1n) is 9.31. The standard InChI is InChI=1S/C23H20N2O4/c1-14-9-20(26)19-11-18(16-3-2-4-17(10-16)23(24)27)21(12-22(19)29-14)28-13-15-5-7-25-8-6-15/h2-8,10-12,14H,9,13H2,1H3,(H2,24,27)/t14-/m1/s1. The molecule has 1 aliphatic rings. The van der Waals surface area contributed by atoms with Crippen molar-refractivity contribution in [3.63, 3.8) is 0 Å². The summed E-state index contributed by atoms with van der Waals surface area (Å²) in [4.78, 5) is 28.2. The molecular formula is C23H20N2O4. The van der Waals surface area contributed by atoms with Gasteiger partial charge in [-0.25, -0.2) is 0 Å². The van der Waals surface area contributed by atoms with E-state index < -0.39 is 5.91 Å². The van der Waals surface area contributed by atoms with Crippen LogP contribution < -0.4 is 15.2 Å². The number of rotatable bonds is 5. The second-order valence-corrected chi connectivity index (χ2v) is 6.99. The number of nitrogens with zero attached hydrogens (tertiary/aromatic N) is 1. The summed E-state index contributed by atoms with van der Waals surface area (Å²) in [6.07, 6.45) is 3.54. The third-order valence-electron chi connectivity index (χ3n) is 4.78. The molecule has 1 aliphatic heterocycles. The molecule has 3 aromatic rings. The molecule has 0 saturated heterocycles. The van der Waals surface area contributed by atoms with Crippen LogP contribution in [0.1, 0.15) is 39.6 Å². The fraction of sp³-hybridized carbons (Fsp3) is 0.174. The highest BCUT2D eigenvalue weighted by Gasteiger charge is 2.26. The highest BCUT2D eigenvalue weighted by atomic mass is 16.5. The largest absolute Gasteiger partial charge is 0.489 e. The zero-order chi connectivity index (χ0) is 20.4. The van der Waals surface area contributed by atoms with Gasteiger partial charge in [0.2, 0.25) is 5.91 Å². The maximum atomic E-state index is 12.5. The third kappa shape index (κ3) is 3.96. The van der Waals surface area contributed by atoms with Crippen LogP contribution in [-0.4, -0.2) is 22.8 Å². The van der Waals surface area contributed by atoms with Gasteiger partial charge in [0, 0.05) is 36.0 Å². The van der Waals surface area contributed by atoms with Gasteiger partial charge in [-0.3, -0.25) is 14.6 Å². The van der Waals surface area contributed by atoms with Gasteiger partial charge in [-0.1, -0.05) is 12.1 Å². The molecule has 6 heteroatoms. The number of carbonyl (C=O) groups excluding carboxylic acids is 2. The number of carbonyl (C=O) groups is 2. The molecule has 1 aromatic heterocycles. The highest BCUT2D eigenvalue weighted by Crippen LogP contribution is 2.39. The molecule has 6 nitrogen and oxygen atoms in total. The van der Waals surface area contributed by atoms with E-state index in [2.05, 4.69) is 4.98 Å². The summed E-state index contributed by atoms with van der Waals surface area (Å²) < 4.78 is 11.9. The van der Waals surface area contributed by atoms with Crippen molar-refractivity contribution >= 4 is 11.7 Å². The summed E-state index contributed by atoms with van der Waals surface area (Å²) in [5.74, 6) is 0.571. The summed E-state index contributed by atoms with van der Waals surface area (Å²) >= 11 is 0. The second-order valence-electron chi connectivity index (χ2n) is 6.99. The van der Waals surface area contributed by atoms with Crippen molar-refractivity contribution < 1.29 is 19.1 Å². The lowest BCUT2D eigenvalue weighted by atomic mass is 9.94. The number of amides is 1. The van der Waals surface area contributed by atoms with Crippen LogP contribution in [0.5, 0.6) is 11.5 Å². The number of primary amides is 1. The van der Waals surface area contributed by atoms with Gasteiger partial charge in [0.15, 0.2) is 5.78 Å². The second kappa shape index (κ2) is 7.75. The first kappa shape index (κ1) is 18.7. The van der Waals surface area contributed by atoms with Crippen LogP contribution in [0.25, 0.3) is 11.1 Å². The highest BCUT2D eigenvalue weighted by molar-refractivity contribution is 6.02. The Morgan fingerprint density at radius 1 is 1.17 bits per heavy atom. The van der Waals surface area contributed by atoms with E-state index in [1.807, 2.05) is 25.1 Å². The van der Waals surface area contributed by atoms with E-state index in [1.165, 1.54) is 0 Å². The quantitative estimate of drug-likeness (QED) is 0.718. The number of aromatic nitrogens is 1. The maximum absolute atomic E-state index is 12.5. The molecule has 146 valence electrons. The van der Waals surface area contributed by atoms with E-state index >= 15 is 0 Å². The molecule has 0 spiro atoms. The molecule has 2 aromatic carbocycles. The Balaban J connectivity index is 1.79. The fourth-order valence-corrected chi connectivity index (χ4v) is 3.33. The van der Waals surface area contributed by atoms with E-state index in [1.54, 1.807) is 42.7 Å². The van der Waals surface area contributed by atoms with E-state index in [9.17, 15) is 9.59 Å². The van der Waals surface area contributed by atoms with Crippen LogP contribution in [-0.2, 0) is 6.61 Å². The average molecular weight is 388 g/mol. The number of Topliss-reactive ketones (excluding diaryl/α,β-unsaturated/α-hetero) is 1. The van der Waals surface area contributed by atoms with Gasteiger partial charge in [0.1, 0.15) is 24.2 Å². The van der Waals surface area contributed by atoms with Gasteiger partial charge >= 0.3 is 0 Å². The Labute approximate surface area is 168 Å². The van der Waals surface area contributed by atoms with Crippen LogP contribution in [0, 0.1) is 0 Å². The van der Waals surface area contributed by atoms with Crippen molar-refractivity contribution in [3.05, 3.63) is 77.6 Å². The molecule has 1 amide bonds. The number of benzene rings is 2. The van der Waals surface area contributed by atoms with Crippen molar-refractivity contribution in [3.8, 4) is 22.6 Å². The summed E-state index contributed by atoms with van der Waals surface area (Å²) in [7, 11) is 0. The lowest BCUT2D eigenvalue weighted by Gasteiger charge is -2.24. The predicted molar refractivity (Wildman–Crippen MR) is 108 cm³/mol. The van der Waals surface area contributed by atoms with Crippen LogP contribution in [0.15, 0.2) is 60.9 Å². The Bertz CT molecular complexity index is 1080. The maximum Gasteiger partial charge on any atom is 0.248 e. The Morgan fingerprint density at radius 2 is 1.97 bits per heavy atom. The lowest BCUT2D eigenvalue weighted by Crippen LogP contribution is -2.24. The number of hydrogen-bond donors (Lipinski definition) is 1. The topological polar surface area (TPSA) is 91.5 Å². The smallest absolute Gasteiger partial charge is 0.248 e. The van der Waals surface area contributed by atoms with Crippen molar-refractivity contribution in [1.82, 2.24) is 4.98 Å². The normalized spacial score (nSPS) is 15.3. The molecule has 0 aliphatic carbocycles. The average Bonchev–Trinajstić information content (AvgIpc) is 2.72. The monoisotopic (exact) mass is 388 g/mol. The summed E-state index contributed by atoms with van der Waals surface area (Å²) in [5.41, 5.74) is 8.73. The van der Waals surface area contributed by atoms with Gasteiger partial charge in [0.05, 0.1) is 5.56 Å². The van der Waals surface area contributed by atoms with Gasteiger partial charge in [-0.05, 0) is 48.4 Å². The molecule has 4 rings (SSSR count). The number of ketones is 1. The minimum absolute atomic E-state index is 0.0201. The zero-order valence-corrected chi connectivity index (χ0v) is 15.9. The molecule has 2 heterocycles. The first-order chi connectivity index (χ1) is 14.0. The van der Waals surface area contributed by atoms with Crippen molar-refractivity contribution in [2.75, 3.05) is 0 Å². The Morgan fingerprint density at radius 3 is 2.72 bits per heavy atom. The minimum atomic E-state index is -0.516. The molecule has 0 unspecified atom stereocenters. The SMILES string of the molecule is C[C@@H]1CC(=O)c2cc(-c3cccc(C(N)=O)c3)c(OCc3ccncc3)cc2O1.